The highest BCUT2D eigenvalue weighted by Gasteiger charge is 2.47. The zero-order valence-electron chi connectivity index (χ0n) is 31.7. The maximum Gasteiger partial charge on any atom is 0.373 e. The monoisotopic (exact) mass is 730 g/mol. The topological polar surface area (TPSA) is 158 Å². The van der Waals surface area contributed by atoms with Crippen molar-refractivity contribution in [3.05, 3.63) is 23.5 Å². The molecule has 4 rings (SSSR count). The Labute approximate surface area is 299 Å². The number of carbonyl (C=O) groups is 1. The lowest BCUT2D eigenvalue weighted by atomic mass is 9.59. The SMILES string of the molecule is CC/C=C/P(=O)(OCC)OCC.CC1(C)C(=O)CC1COC1CCCCO1.CCC=C1CC(COC2CCCCO2)C1(C)C.O=C=O.O=C=O. The highest BCUT2D eigenvalue weighted by atomic mass is 31.2. The molecular weight excluding hydrogens is 667 g/mol. The minimum absolute atomic E-state index is 0.0229. The number of rotatable bonds is 13. The molecule has 0 bridgehead atoms. The number of ketones is 1. The van der Waals surface area contributed by atoms with Crippen LogP contribution >= 0.6 is 7.60 Å². The maximum absolute atomic E-state index is 11.6. The lowest BCUT2D eigenvalue weighted by Gasteiger charge is -2.48. The van der Waals surface area contributed by atoms with Crippen LogP contribution < -0.4 is 0 Å². The number of carbonyl (C=O) groups excluding carboxylic acids is 5. The fourth-order valence-electron chi connectivity index (χ4n) is 5.73. The van der Waals surface area contributed by atoms with E-state index in [0.29, 0.717) is 49.3 Å². The Morgan fingerprint density at radius 1 is 0.740 bits per heavy atom. The van der Waals surface area contributed by atoms with Crippen LogP contribution in [0.25, 0.3) is 0 Å². The van der Waals surface area contributed by atoms with Crippen molar-refractivity contribution in [1.29, 1.82) is 0 Å². The molecule has 0 amide bonds. The second-order valence-electron chi connectivity index (χ2n) is 13.4. The molecule has 4 aliphatic rings. The number of hydrogen-bond donors (Lipinski definition) is 0. The van der Waals surface area contributed by atoms with Crippen molar-refractivity contribution in [1.82, 2.24) is 0 Å². The summed E-state index contributed by atoms with van der Waals surface area (Å²) in [7, 11) is -2.92. The number of allylic oxidation sites excluding steroid dienone is 3. The molecule has 0 aromatic heterocycles. The summed E-state index contributed by atoms with van der Waals surface area (Å²) in [6, 6.07) is 0. The summed E-state index contributed by atoms with van der Waals surface area (Å²) in [5, 5.41) is 0. The van der Waals surface area contributed by atoms with Crippen LogP contribution in [-0.2, 0) is 56.5 Å². The second kappa shape index (κ2) is 26.6. The molecule has 0 aromatic rings. The minimum atomic E-state index is -2.92. The van der Waals surface area contributed by atoms with Crippen molar-refractivity contribution in [3.63, 3.8) is 0 Å². The highest BCUT2D eigenvalue weighted by molar-refractivity contribution is 7.57. The highest BCUT2D eigenvalue weighted by Crippen LogP contribution is 2.51. The first-order valence-electron chi connectivity index (χ1n) is 18.0. The van der Waals surface area contributed by atoms with Gasteiger partial charge in [-0.05, 0) is 83.0 Å². The molecule has 2 saturated carbocycles. The van der Waals surface area contributed by atoms with Crippen LogP contribution in [0.4, 0.5) is 0 Å². The van der Waals surface area contributed by atoms with Gasteiger partial charge in [0.25, 0.3) is 0 Å². The van der Waals surface area contributed by atoms with E-state index in [2.05, 4.69) is 26.8 Å². The van der Waals surface area contributed by atoms with Crippen LogP contribution in [0.15, 0.2) is 23.5 Å². The smallest absolute Gasteiger partial charge is 0.353 e. The summed E-state index contributed by atoms with van der Waals surface area (Å²) >= 11 is 0. The minimum Gasteiger partial charge on any atom is -0.353 e. The van der Waals surface area contributed by atoms with Gasteiger partial charge in [0.2, 0.25) is 0 Å². The van der Waals surface area contributed by atoms with Gasteiger partial charge in [-0.15, -0.1) is 0 Å². The molecule has 0 N–H and O–H groups in total. The van der Waals surface area contributed by atoms with E-state index in [4.69, 9.17) is 47.2 Å². The lowest BCUT2D eigenvalue weighted by Crippen LogP contribution is -2.48. The van der Waals surface area contributed by atoms with Crippen molar-refractivity contribution in [2.24, 2.45) is 22.7 Å². The Bertz CT molecular complexity index is 1090. The molecule has 50 heavy (non-hydrogen) atoms. The molecule has 4 atom stereocenters. The molecule has 2 aliphatic heterocycles. The van der Waals surface area contributed by atoms with Gasteiger partial charge >= 0.3 is 19.9 Å². The first kappa shape index (κ1) is 47.9. The van der Waals surface area contributed by atoms with Crippen LogP contribution in [0.5, 0.6) is 0 Å². The molecule has 4 unspecified atom stereocenters. The Morgan fingerprint density at radius 3 is 1.52 bits per heavy atom. The van der Waals surface area contributed by atoms with Gasteiger partial charge in [0.05, 0.1) is 26.4 Å². The van der Waals surface area contributed by atoms with Gasteiger partial charge in [-0.25, -0.2) is 0 Å². The van der Waals surface area contributed by atoms with Crippen LogP contribution in [-0.4, -0.2) is 70.3 Å². The van der Waals surface area contributed by atoms with Gasteiger partial charge in [0, 0.05) is 36.8 Å². The fraction of sp³-hybridized carbons (Fsp3) is 0.811. The van der Waals surface area contributed by atoms with E-state index < -0.39 is 7.60 Å². The van der Waals surface area contributed by atoms with Gasteiger partial charge in [-0.3, -0.25) is 9.36 Å². The molecule has 12 nitrogen and oxygen atoms in total. The summed E-state index contributed by atoms with van der Waals surface area (Å²) in [5.74, 6) is 2.95. The Kier molecular flexibility index (Phi) is 25.5. The number of ether oxygens (including phenoxy) is 4. The third-order valence-electron chi connectivity index (χ3n) is 9.32. The molecular formula is C37H63O12P. The molecule has 4 fully saturated rings. The summed E-state index contributed by atoms with van der Waals surface area (Å²) < 4.78 is 44.4. The molecule has 2 saturated heterocycles. The molecule has 0 radical (unpaired) electrons. The van der Waals surface area contributed by atoms with Gasteiger partial charge in [0.15, 0.2) is 12.6 Å². The Morgan fingerprint density at radius 2 is 1.20 bits per heavy atom. The molecule has 13 heteroatoms. The molecule has 2 aliphatic carbocycles. The second-order valence-corrected chi connectivity index (χ2v) is 15.3. The fourth-order valence-corrected chi connectivity index (χ4v) is 7.17. The number of hydrogen-bond acceptors (Lipinski definition) is 12. The zero-order chi connectivity index (χ0) is 38.1. The largest absolute Gasteiger partial charge is 0.373 e. The van der Waals surface area contributed by atoms with E-state index in [1.54, 1.807) is 25.5 Å². The average Bonchev–Trinajstić information content (AvgIpc) is 3.09. The van der Waals surface area contributed by atoms with Gasteiger partial charge in [0.1, 0.15) is 5.78 Å². The van der Waals surface area contributed by atoms with Crippen molar-refractivity contribution >= 4 is 25.7 Å². The molecule has 0 aromatic carbocycles. The van der Waals surface area contributed by atoms with Crippen LogP contribution in [0.3, 0.4) is 0 Å². The summed E-state index contributed by atoms with van der Waals surface area (Å²) in [5.41, 5.74) is 1.78. The van der Waals surface area contributed by atoms with Crippen molar-refractivity contribution in [2.75, 3.05) is 39.6 Å². The molecule has 2 heterocycles. The number of Topliss-reactive ketones (excluding diaryl/α,β-unsaturated/α-hetero) is 1. The molecule has 0 spiro atoms. The van der Waals surface area contributed by atoms with E-state index in [9.17, 15) is 9.36 Å². The predicted octanol–water partition coefficient (Wildman–Crippen LogP) is 8.07. The van der Waals surface area contributed by atoms with Crippen LogP contribution in [0.2, 0.25) is 0 Å². The average molecular weight is 731 g/mol. The molecule has 288 valence electrons. The first-order valence-corrected chi connectivity index (χ1v) is 19.6. The van der Waals surface area contributed by atoms with E-state index in [0.717, 1.165) is 51.9 Å². The van der Waals surface area contributed by atoms with E-state index in [1.165, 1.54) is 31.5 Å². The van der Waals surface area contributed by atoms with E-state index in [1.807, 2.05) is 20.8 Å². The normalized spacial score (nSPS) is 25.6. The maximum atomic E-state index is 11.6. The zero-order valence-corrected chi connectivity index (χ0v) is 32.6. The quantitative estimate of drug-likeness (QED) is 0.133. The van der Waals surface area contributed by atoms with Gasteiger partial charge in [-0.1, -0.05) is 59.3 Å². The van der Waals surface area contributed by atoms with E-state index >= 15 is 0 Å². The Hall–Kier alpha value is -2.10. The lowest BCUT2D eigenvalue weighted by molar-refractivity contribution is -0.193. The third-order valence-corrected chi connectivity index (χ3v) is 11.1. The van der Waals surface area contributed by atoms with E-state index in [-0.39, 0.29) is 30.3 Å². The summed E-state index contributed by atoms with van der Waals surface area (Å²) in [6.45, 7) is 20.5. The van der Waals surface area contributed by atoms with Gasteiger partial charge in [-0.2, -0.15) is 19.2 Å². The van der Waals surface area contributed by atoms with Crippen molar-refractivity contribution in [2.45, 2.75) is 132 Å². The third kappa shape index (κ3) is 17.9. The van der Waals surface area contributed by atoms with Crippen LogP contribution in [0, 0.1) is 22.7 Å². The van der Waals surface area contributed by atoms with Crippen molar-refractivity contribution < 1.29 is 56.5 Å². The predicted molar refractivity (Wildman–Crippen MR) is 187 cm³/mol. The first-order chi connectivity index (χ1) is 23.8. The summed E-state index contributed by atoms with van der Waals surface area (Å²) in [6.07, 6.45) is 15.5. The van der Waals surface area contributed by atoms with Crippen molar-refractivity contribution in [3.8, 4) is 0 Å². The standard InChI is InChI=1S/C15H26O2.C12H20O3.C8H17O3P.2CO2/c1-4-7-12-10-13(15(12,2)3)11-17-14-8-5-6-9-16-14;1-12(2)9(7-10(12)13)8-15-11-5-3-4-6-14-11;1-4-7-8-12(9,10-5-2)11-6-3;2*2-1-3/h7,13-14H,4-6,8-11H2,1-3H3;9,11H,3-8H2,1-2H3;7-8H,4-6H2,1-3H3;;/b;;8-7+;;. The summed E-state index contributed by atoms with van der Waals surface area (Å²) in [4.78, 5) is 43.8. The van der Waals surface area contributed by atoms with Crippen LogP contribution in [0.1, 0.15) is 120 Å². The Balaban J connectivity index is 0.000000675. The van der Waals surface area contributed by atoms with Gasteiger partial charge < -0.3 is 28.0 Å².